The van der Waals surface area contributed by atoms with Gasteiger partial charge in [-0.25, -0.2) is 9.37 Å². The second-order valence-corrected chi connectivity index (χ2v) is 8.86. The van der Waals surface area contributed by atoms with E-state index in [0.717, 1.165) is 32.8 Å². The molecule has 5 rings (SSSR count). The van der Waals surface area contributed by atoms with E-state index in [2.05, 4.69) is 31.9 Å². The Kier molecular flexibility index (Phi) is 6.04. The number of halogens is 1. The van der Waals surface area contributed by atoms with Crippen LogP contribution in [0.15, 0.2) is 89.7 Å². The highest BCUT2D eigenvalue weighted by atomic mass is 32.2. The van der Waals surface area contributed by atoms with E-state index in [1.54, 1.807) is 47.6 Å². The Balaban J connectivity index is 1.39. The normalized spacial score (nSPS) is 11.0. The predicted octanol–water partition coefficient (Wildman–Crippen LogP) is 5.94. The van der Waals surface area contributed by atoms with E-state index < -0.39 is 0 Å². The van der Waals surface area contributed by atoms with Crippen LogP contribution in [0.4, 0.5) is 4.39 Å². The smallest absolute Gasteiger partial charge is 0.192 e. The van der Waals surface area contributed by atoms with E-state index in [1.807, 2.05) is 35.7 Å². The SMILES string of the molecule is Fc1ccc(-c2nc(CSc3nnc(-c4cccnc4)n3Cc3ccccc3)cs2)cc1. The lowest BCUT2D eigenvalue weighted by Gasteiger charge is -2.10. The summed E-state index contributed by atoms with van der Waals surface area (Å²) in [6, 6.07) is 20.6. The molecule has 0 fully saturated rings. The summed E-state index contributed by atoms with van der Waals surface area (Å²) in [6.07, 6.45) is 3.55. The molecule has 0 saturated heterocycles. The van der Waals surface area contributed by atoms with Gasteiger partial charge in [0.1, 0.15) is 10.8 Å². The fourth-order valence-electron chi connectivity index (χ4n) is 3.25. The van der Waals surface area contributed by atoms with Gasteiger partial charge in [0.25, 0.3) is 0 Å². The fourth-order valence-corrected chi connectivity index (χ4v) is 5.01. The molecule has 0 spiro atoms. The number of rotatable bonds is 7. The zero-order chi connectivity index (χ0) is 21.8. The van der Waals surface area contributed by atoms with Crippen molar-refractivity contribution in [2.45, 2.75) is 17.5 Å². The minimum absolute atomic E-state index is 0.247. The van der Waals surface area contributed by atoms with Gasteiger partial charge >= 0.3 is 0 Å². The Labute approximate surface area is 193 Å². The van der Waals surface area contributed by atoms with Crippen LogP contribution < -0.4 is 0 Å². The second kappa shape index (κ2) is 9.42. The van der Waals surface area contributed by atoms with Crippen molar-refractivity contribution < 1.29 is 4.39 Å². The largest absolute Gasteiger partial charge is 0.297 e. The summed E-state index contributed by atoms with van der Waals surface area (Å²) in [5, 5.41) is 12.6. The molecule has 158 valence electrons. The van der Waals surface area contributed by atoms with Crippen LogP contribution in [0.3, 0.4) is 0 Å². The molecule has 0 aliphatic rings. The Hall–Kier alpha value is -3.36. The van der Waals surface area contributed by atoms with Crippen LogP contribution >= 0.6 is 23.1 Å². The number of aromatic nitrogens is 5. The molecule has 0 aliphatic carbocycles. The summed E-state index contributed by atoms with van der Waals surface area (Å²) >= 11 is 3.15. The van der Waals surface area contributed by atoms with E-state index >= 15 is 0 Å². The van der Waals surface area contributed by atoms with E-state index in [9.17, 15) is 4.39 Å². The lowest BCUT2D eigenvalue weighted by Crippen LogP contribution is -2.04. The lowest BCUT2D eigenvalue weighted by molar-refractivity contribution is 0.628. The van der Waals surface area contributed by atoms with Gasteiger partial charge in [0.15, 0.2) is 11.0 Å². The van der Waals surface area contributed by atoms with Crippen LogP contribution in [-0.2, 0) is 12.3 Å². The maximum absolute atomic E-state index is 13.2. The first kappa shape index (κ1) is 20.5. The van der Waals surface area contributed by atoms with Crippen molar-refractivity contribution in [3.05, 3.63) is 102 Å². The monoisotopic (exact) mass is 459 g/mol. The quantitative estimate of drug-likeness (QED) is 0.282. The molecule has 0 radical (unpaired) electrons. The average molecular weight is 460 g/mol. The van der Waals surface area contributed by atoms with Gasteiger partial charge in [0.2, 0.25) is 0 Å². The molecule has 5 aromatic rings. The van der Waals surface area contributed by atoms with Crippen molar-refractivity contribution in [1.29, 1.82) is 0 Å². The highest BCUT2D eigenvalue weighted by molar-refractivity contribution is 7.98. The van der Waals surface area contributed by atoms with E-state index in [-0.39, 0.29) is 5.82 Å². The Morgan fingerprint density at radius 3 is 2.53 bits per heavy atom. The van der Waals surface area contributed by atoms with Gasteiger partial charge in [-0.05, 0) is 42.0 Å². The number of hydrogen-bond acceptors (Lipinski definition) is 6. The van der Waals surface area contributed by atoms with Gasteiger partial charge in [-0.1, -0.05) is 42.1 Å². The Morgan fingerprint density at radius 2 is 1.75 bits per heavy atom. The van der Waals surface area contributed by atoms with Crippen LogP contribution in [0, 0.1) is 5.82 Å². The Morgan fingerprint density at radius 1 is 0.906 bits per heavy atom. The Bertz CT molecular complexity index is 1300. The lowest BCUT2D eigenvalue weighted by atomic mass is 10.2. The molecule has 2 aromatic carbocycles. The first-order valence-electron chi connectivity index (χ1n) is 9.97. The third-order valence-electron chi connectivity index (χ3n) is 4.81. The summed E-state index contributed by atoms with van der Waals surface area (Å²) in [5.74, 6) is 1.20. The molecule has 0 aliphatic heterocycles. The zero-order valence-electron chi connectivity index (χ0n) is 16.9. The van der Waals surface area contributed by atoms with Crippen LogP contribution in [0.1, 0.15) is 11.3 Å². The summed E-state index contributed by atoms with van der Waals surface area (Å²) < 4.78 is 15.3. The van der Waals surface area contributed by atoms with Crippen LogP contribution in [0.5, 0.6) is 0 Å². The van der Waals surface area contributed by atoms with Gasteiger partial charge in [-0.2, -0.15) is 0 Å². The van der Waals surface area contributed by atoms with E-state index in [1.165, 1.54) is 17.7 Å². The predicted molar refractivity (Wildman–Crippen MR) is 126 cm³/mol. The van der Waals surface area contributed by atoms with Gasteiger partial charge in [0, 0.05) is 34.7 Å². The molecule has 5 nitrogen and oxygen atoms in total. The number of pyridine rings is 1. The van der Waals surface area contributed by atoms with Crippen molar-refractivity contribution in [3.8, 4) is 22.0 Å². The fraction of sp³-hybridized carbons (Fsp3) is 0.0833. The maximum atomic E-state index is 13.2. The summed E-state index contributed by atoms with van der Waals surface area (Å²) in [4.78, 5) is 8.94. The summed E-state index contributed by atoms with van der Waals surface area (Å²) in [6.45, 7) is 0.665. The first-order valence-corrected chi connectivity index (χ1v) is 11.8. The van der Waals surface area contributed by atoms with Crippen LogP contribution in [0.2, 0.25) is 0 Å². The standard InChI is InChI=1S/C24H18FN5S2/c25-20-10-8-18(9-11-20)23-27-21(15-31-23)16-32-24-29-28-22(19-7-4-12-26-13-19)30(24)14-17-5-2-1-3-6-17/h1-13,15H,14,16H2. The minimum atomic E-state index is -0.247. The molecule has 3 aromatic heterocycles. The third-order valence-corrected chi connectivity index (χ3v) is 6.75. The summed E-state index contributed by atoms with van der Waals surface area (Å²) in [7, 11) is 0. The molecule has 3 heterocycles. The second-order valence-electron chi connectivity index (χ2n) is 7.06. The molecule has 0 saturated carbocycles. The van der Waals surface area contributed by atoms with Crippen LogP contribution in [-0.4, -0.2) is 24.7 Å². The van der Waals surface area contributed by atoms with Crippen molar-refractivity contribution in [2.24, 2.45) is 0 Å². The van der Waals surface area contributed by atoms with Crippen molar-refractivity contribution in [3.63, 3.8) is 0 Å². The molecule has 8 heteroatoms. The molecular formula is C24H18FN5S2. The molecule has 0 unspecified atom stereocenters. The molecular weight excluding hydrogens is 441 g/mol. The van der Waals surface area contributed by atoms with Gasteiger partial charge in [-0.3, -0.25) is 9.55 Å². The van der Waals surface area contributed by atoms with Gasteiger partial charge in [-0.15, -0.1) is 21.5 Å². The highest BCUT2D eigenvalue weighted by Gasteiger charge is 2.16. The summed E-state index contributed by atoms with van der Waals surface area (Å²) in [5.41, 5.74) is 3.97. The number of benzene rings is 2. The average Bonchev–Trinajstić information content (AvgIpc) is 3.47. The van der Waals surface area contributed by atoms with Crippen molar-refractivity contribution in [1.82, 2.24) is 24.7 Å². The molecule has 0 bridgehead atoms. The van der Waals surface area contributed by atoms with Crippen LogP contribution in [0.25, 0.3) is 22.0 Å². The molecule has 32 heavy (non-hydrogen) atoms. The third kappa shape index (κ3) is 4.61. The number of thiazole rings is 1. The number of nitrogens with zero attached hydrogens (tertiary/aromatic N) is 5. The van der Waals surface area contributed by atoms with Gasteiger partial charge < -0.3 is 0 Å². The van der Waals surface area contributed by atoms with Crippen molar-refractivity contribution >= 4 is 23.1 Å². The van der Waals surface area contributed by atoms with Gasteiger partial charge in [0.05, 0.1) is 12.2 Å². The topological polar surface area (TPSA) is 56.5 Å². The minimum Gasteiger partial charge on any atom is -0.297 e. The highest BCUT2D eigenvalue weighted by Crippen LogP contribution is 2.30. The molecule has 0 amide bonds. The van der Waals surface area contributed by atoms with E-state index in [4.69, 9.17) is 4.98 Å². The molecule has 0 N–H and O–H groups in total. The van der Waals surface area contributed by atoms with E-state index in [0.29, 0.717) is 12.3 Å². The first-order chi connectivity index (χ1) is 15.8. The maximum Gasteiger partial charge on any atom is 0.192 e. The zero-order valence-corrected chi connectivity index (χ0v) is 18.6. The number of hydrogen-bond donors (Lipinski definition) is 0. The van der Waals surface area contributed by atoms with Crippen molar-refractivity contribution in [2.75, 3.05) is 0 Å². The number of thioether (sulfide) groups is 1. The molecule has 0 atom stereocenters.